The van der Waals surface area contributed by atoms with Gasteiger partial charge in [-0.15, -0.1) is 0 Å². The van der Waals surface area contributed by atoms with Gasteiger partial charge in [0.1, 0.15) is 6.54 Å². The van der Waals surface area contributed by atoms with Crippen LogP contribution in [0.5, 0.6) is 0 Å². The largest absolute Gasteiger partial charge is 0.324 e. The lowest BCUT2D eigenvalue weighted by Crippen LogP contribution is -2.13. The summed E-state index contributed by atoms with van der Waals surface area (Å²) in [6.45, 7) is 0.117. The minimum absolute atomic E-state index is 0.117. The fraction of sp³-hybridized carbons (Fsp3) is 0.111. The number of nitrogens with zero attached hydrogens (tertiary/aromatic N) is 1. The smallest absolute Gasteiger partial charge is 0.246 e. The number of hydrogen-bond donors (Lipinski definition) is 1. The van der Waals surface area contributed by atoms with Crippen LogP contribution in [-0.4, -0.2) is 18.7 Å². The van der Waals surface area contributed by atoms with Gasteiger partial charge in [0.2, 0.25) is 5.91 Å². The molecule has 0 saturated carbocycles. The Morgan fingerprint density at radius 3 is 3.23 bits per heavy atom. The van der Waals surface area contributed by atoms with Crippen LogP contribution in [0.4, 0.5) is 5.69 Å². The summed E-state index contributed by atoms with van der Waals surface area (Å²) in [6, 6.07) is 5.17. The first-order valence-electron chi connectivity index (χ1n) is 3.77. The van der Waals surface area contributed by atoms with E-state index in [0.29, 0.717) is 10.7 Å². The number of benzodiazepines with no additional fused rings is 1. The topological polar surface area (TPSA) is 41.5 Å². The van der Waals surface area contributed by atoms with Gasteiger partial charge >= 0.3 is 0 Å². The molecular formula is C9H6ClN2O. The van der Waals surface area contributed by atoms with Gasteiger partial charge in [-0.25, -0.2) is 0 Å². The number of hydrogen-bond acceptors (Lipinski definition) is 2. The molecular weight excluding hydrogens is 188 g/mol. The monoisotopic (exact) mass is 193 g/mol. The van der Waals surface area contributed by atoms with Crippen LogP contribution in [0.2, 0.25) is 5.02 Å². The van der Waals surface area contributed by atoms with E-state index in [-0.39, 0.29) is 12.5 Å². The van der Waals surface area contributed by atoms with Gasteiger partial charge in [-0.1, -0.05) is 11.6 Å². The molecule has 1 aliphatic rings. The molecule has 0 fully saturated rings. The van der Waals surface area contributed by atoms with Crippen LogP contribution in [0.3, 0.4) is 0 Å². The fourth-order valence-electron chi connectivity index (χ4n) is 1.10. The molecule has 3 nitrogen and oxygen atoms in total. The van der Waals surface area contributed by atoms with Crippen molar-refractivity contribution in [1.29, 1.82) is 0 Å². The van der Waals surface area contributed by atoms with Gasteiger partial charge < -0.3 is 5.32 Å². The highest BCUT2D eigenvalue weighted by molar-refractivity contribution is 6.31. The van der Waals surface area contributed by atoms with Crippen molar-refractivity contribution in [2.75, 3.05) is 11.9 Å². The predicted molar refractivity (Wildman–Crippen MR) is 51.5 cm³/mol. The third kappa shape index (κ3) is 1.70. The molecule has 0 bridgehead atoms. The zero-order valence-electron chi connectivity index (χ0n) is 6.67. The second kappa shape index (κ2) is 3.18. The lowest BCUT2D eigenvalue weighted by Gasteiger charge is -2.03. The van der Waals surface area contributed by atoms with E-state index in [9.17, 15) is 4.79 Å². The first-order valence-corrected chi connectivity index (χ1v) is 4.15. The van der Waals surface area contributed by atoms with Crippen molar-refractivity contribution < 1.29 is 4.79 Å². The molecule has 0 unspecified atom stereocenters. The van der Waals surface area contributed by atoms with Gasteiger partial charge in [-0.05, 0) is 18.2 Å². The third-order valence-electron chi connectivity index (χ3n) is 1.68. The fourth-order valence-corrected chi connectivity index (χ4v) is 1.28. The molecule has 1 aromatic carbocycles. The summed E-state index contributed by atoms with van der Waals surface area (Å²) in [6.07, 6.45) is 2.75. The normalized spacial score (nSPS) is 14.7. The number of benzene rings is 1. The van der Waals surface area contributed by atoms with Gasteiger partial charge in [0.05, 0.1) is 11.9 Å². The van der Waals surface area contributed by atoms with E-state index in [1.807, 2.05) is 0 Å². The van der Waals surface area contributed by atoms with E-state index in [1.54, 1.807) is 18.2 Å². The molecule has 0 atom stereocenters. The number of amides is 1. The minimum atomic E-state index is -0.131. The summed E-state index contributed by atoms with van der Waals surface area (Å²) < 4.78 is 0. The molecule has 1 N–H and O–H groups in total. The second-order valence-electron chi connectivity index (χ2n) is 2.67. The molecule has 1 amide bonds. The molecule has 0 spiro atoms. The number of anilines is 1. The summed E-state index contributed by atoms with van der Waals surface area (Å²) in [5.74, 6) is -0.131. The summed E-state index contributed by atoms with van der Waals surface area (Å²) >= 11 is 5.77. The zero-order valence-corrected chi connectivity index (χ0v) is 7.43. The van der Waals surface area contributed by atoms with Gasteiger partial charge in [0, 0.05) is 10.6 Å². The van der Waals surface area contributed by atoms with Crippen LogP contribution in [-0.2, 0) is 4.79 Å². The Kier molecular flexibility index (Phi) is 2.02. The van der Waals surface area contributed by atoms with Crippen LogP contribution < -0.4 is 5.32 Å². The summed E-state index contributed by atoms with van der Waals surface area (Å²) in [4.78, 5) is 14.9. The summed E-state index contributed by atoms with van der Waals surface area (Å²) in [5.41, 5.74) is 1.43. The molecule has 13 heavy (non-hydrogen) atoms. The Bertz CT molecular complexity index is 387. The second-order valence-corrected chi connectivity index (χ2v) is 3.10. The van der Waals surface area contributed by atoms with E-state index in [2.05, 4.69) is 16.5 Å². The van der Waals surface area contributed by atoms with Crippen LogP contribution in [0.1, 0.15) is 5.56 Å². The summed E-state index contributed by atoms with van der Waals surface area (Å²) in [5, 5.41) is 3.30. The van der Waals surface area contributed by atoms with Crippen molar-refractivity contribution in [2.24, 2.45) is 4.99 Å². The highest BCUT2D eigenvalue weighted by atomic mass is 35.5. The van der Waals surface area contributed by atoms with E-state index in [0.717, 1.165) is 5.56 Å². The van der Waals surface area contributed by atoms with Crippen molar-refractivity contribution in [1.82, 2.24) is 0 Å². The maximum Gasteiger partial charge on any atom is 0.246 e. The van der Waals surface area contributed by atoms with Crippen LogP contribution in [0.25, 0.3) is 0 Å². The average molecular weight is 194 g/mol. The van der Waals surface area contributed by atoms with E-state index < -0.39 is 0 Å². The number of aliphatic imine (C=N–C) groups is 1. The van der Waals surface area contributed by atoms with Gasteiger partial charge in [-0.3, -0.25) is 9.79 Å². The Morgan fingerprint density at radius 1 is 1.54 bits per heavy atom. The molecule has 4 heteroatoms. The van der Waals surface area contributed by atoms with Crippen molar-refractivity contribution >= 4 is 29.4 Å². The quantitative estimate of drug-likeness (QED) is 0.668. The van der Waals surface area contributed by atoms with Crippen LogP contribution in [0.15, 0.2) is 23.2 Å². The Labute approximate surface area is 80.4 Å². The maximum absolute atomic E-state index is 11.1. The first-order chi connectivity index (χ1) is 6.25. The number of halogens is 1. The Hall–Kier alpha value is -1.35. The number of rotatable bonds is 0. The first kappa shape index (κ1) is 8.26. The lowest BCUT2D eigenvalue weighted by atomic mass is 10.2. The van der Waals surface area contributed by atoms with E-state index >= 15 is 0 Å². The molecule has 1 heterocycles. The number of nitrogens with one attached hydrogen (secondary N) is 1. The minimum Gasteiger partial charge on any atom is -0.324 e. The summed E-state index contributed by atoms with van der Waals surface area (Å²) in [7, 11) is 0. The van der Waals surface area contributed by atoms with Crippen LogP contribution in [0, 0.1) is 0 Å². The molecule has 0 saturated heterocycles. The van der Waals surface area contributed by atoms with Gasteiger partial charge in [0.25, 0.3) is 0 Å². The van der Waals surface area contributed by atoms with Crippen molar-refractivity contribution in [2.45, 2.75) is 0 Å². The highest BCUT2D eigenvalue weighted by Crippen LogP contribution is 2.20. The molecule has 2 rings (SSSR count). The zero-order chi connectivity index (χ0) is 9.26. The van der Waals surface area contributed by atoms with E-state index in [1.165, 1.54) is 0 Å². The molecule has 1 aromatic rings. The third-order valence-corrected chi connectivity index (χ3v) is 1.91. The Balaban J connectivity index is 2.49. The number of fused-ring (bicyclic) bond motifs is 1. The van der Waals surface area contributed by atoms with Crippen molar-refractivity contribution in [3.63, 3.8) is 0 Å². The SMILES string of the molecule is O=C1CN=[C]c2cc(Cl)ccc2N1. The molecule has 0 aromatic heterocycles. The van der Waals surface area contributed by atoms with E-state index in [4.69, 9.17) is 11.6 Å². The highest BCUT2D eigenvalue weighted by Gasteiger charge is 2.09. The lowest BCUT2D eigenvalue weighted by molar-refractivity contribution is -0.114. The Morgan fingerprint density at radius 2 is 2.38 bits per heavy atom. The molecule has 1 radical (unpaired) electrons. The van der Waals surface area contributed by atoms with Crippen molar-refractivity contribution in [3.05, 3.63) is 28.8 Å². The number of carbonyl (C=O) groups excluding carboxylic acids is 1. The van der Waals surface area contributed by atoms with Gasteiger partial charge in [0.15, 0.2) is 0 Å². The van der Waals surface area contributed by atoms with Crippen LogP contribution >= 0.6 is 11.6 Å². The molecule has 0 aliphatic carbocycles. The molecule has 65 valence electrons. The maximum atomic E-state index is 11.1. The number of carbonyl (C=O) groups is 1. The standard InChI is InChI=1S/C9H6ClN2O/c10-7-1-2-8-6(3-7)4-11-5-9(13)12-8/h1-3H,5H2,(H,12,13). The average Bonchev–Trinajstić information content (AvgIpc) is 2.25. The predicted octanol–water partition coefficient (Wildman–Crippen LogP) is 1.59. The van der Waals surface area contributed by atoms with Crippen molar-refractivity contribution in [3.8, 4) is 0 Å². The molecule has 1 aliphatic heterocycles. The van der Waals surface area contributed by atoms with Gasteiger partial charge in [-0.2, -0.15) is 0 Å².